The van der Waals surface area contributed by atoms with Gasteiger partial charge in [-0.05, 0) is 24.6 Å². The Bertz CT molecular complexity index is 293. The molecule has 78 valence electrons. The monoisotopic (exact) mass is 196 g/mol. The van der Waals surface area contributed by atoms with Crippen molar-refractivity contribution in [1.29, 1.82) is 0 Å². The van der Waals surface area contributed by atoms with Crippen LogP contribution in [0, 0.1) is 0 Å². The first-order valence-corrected chi connectivity index (χ1v) is 4.22. The molecule has 0 heterocycles. The molecule has 0 aliphatic rings. The van der Waals surface area contributed by atoms with Gasteiger partial charge in [-0.15, -0.1) is 0 Å². The van der Waals surface area contributed by atoms with E-state index >= 15 is 0 Å². The molecule has 1 aromatic carbocycles. The van der Waals surface area contributed by atoms with Crippen LogP contribution in [0.4, 0.5) is 0 Å². The molecule has 0 saturated carbocycles. The van der Waals surface area contributed by atoms with Crippen molar-refractivity contribution in [3.63, 3.8) is 0 Å². The number of phenolic OH excluding ortho intramolecular Hbond substituents is 1. The highest BCUT2D eigenvalue weighted by Gasteiger charge is 1.99. The number of aliphatic hydroxyl groups excluding tert-OH is 1. The molecule has 14 heavy (non-hydrogen) atoms. The van der Waals surface area contributed by atoms with E-state index in [1.54, 1.807) is 12.1 Å². The molecule has 0 spiro atoms. The second-order valence-electron chi connectivity index (χ2n) is 2.43. The average molecular weight is 196 g/mol. The SMILES string of the molecule is CC=Cc1ccc(O)c(OC)c1.CO. The van der Waals surface area contributed by atoms with Crippen molar-refractivity contribution in [2.75, 3.05) is 14.2 Å². The van der Waals surface area contributed by atoms with Gasteiger partial charge in [0.15, 0.2) is 11.5 Å². The van der Waals surface area contributed by atoms with E-state index in [4.69, 9.17) is 9.84 Å². The minimum atomic E-state index is 0.172. The van der Waals surface area contributed by atoms with Gasteiger partial charge in [0, 0.05) is 7.11 Å². The lowest BCUT2D eigenvalue weighted by molar-refractivity contribution is 0.373. The summed E-state index contributed by atoms with van der Waals surface area (Å²) in [6.45, 7) is 1.94. The molecule has 0 aliphatic carbocycles. The molecule has 0 radical (unpaired) electrons. The Morgan fingerprint density at radius 3 is 2.43 bits per heavy atom. The fourth-order valence-electron chi connectivity index (χ4n) is 0.990. The van der Waals surface area contributed by atoms with Crippen molar-refractivity contribution in [1.82, 2.24) is 0 Å². The summed E-state index contributed by atoms with van der Waals surface area (Å²) in [6.07, 6.45) is 3.88. The summed E-state index contributed by atoms with van der Waals surface area (Å²) in [4.78, 5) is 0. The molecule has 0 unspecified atom stereocenters. The van der Waals surface area contributed by atoms with E-state index in [9.17, 15) is 5.11 Å². The van der Waals surface area contributed by atoms with Crippen molar-refractivity contribution in [2.24, 2.45) is 0 Å². The smallest absolute Gasteiger partial charge is 0.161 e. The predicted octanol–water partition coefficient (Wildman–Crippen LogP) is 2.04. The zero-order chi connectivity index (χ0) is 11.0. The van der Waals surface area contributed by atoms with Crippen molar-refractivity contribution < 1.29 is 14.9 Å². The number of aromatic hydroxyl groups is 1. The molecule has 2 N–H and O–H groups in total. The molecule has 0 aliphatic heterocycles. The minimum Gasteiger partial charge on any atom is -0.504 e. The van der Waals surface area contributed by atoms with Crippen LogP contribution in [0.15, 0.2) is 24.3 Å². The number of allylic oxidation sites excluding steroid dienone is 1. The average Bonchev–Trinajstić information content (AvgIpc) is 2.24. The maximum Gasteiger partial charge on any atom is 0.161 e. The Morgan fingerprint density at radius 2 is 1.93 bits per heavy atom. The Kier molecular flexibility index (Phi) is 6.24. The predicted molar refractivity (Wildman–Crippen MR) is 57.5 cm³/mol. The number of methoxy groups -OCH3 is 1. The van der Waals surface area contributed by atoms with Gasteiger partial charge in [-0.2, -0.15) is 0 Å². The summed E-state index contributed by atoms with van der Waals surface area (Å²) in [5.74, 6) is 0.677. The molecule has 0 amide bonds. The van der Waals surface area contributed by atoms with Gasteiger partial charge in [-0.3, -0.25) is 0 Å². The Morgan fingerprint density at radius 1 is 1.29 bits per heavy atom. The number of hydrogen-bond donors (Lipinski definition) is 2. The third-order valence-corrected chi connectivity index (χ3v) is 1.56. The minimum absolute atomic E-state index is 0.172. The molecule has 0 saturated heterocycles. The molecule has 0 bridgehead atoms. The summed E-state index contributed by atoms with van der Waals surface area (Å²) in [5, 5.41) is 16.3. The van der Waals surface area contributed by atoms with Gasteiger partial charge in [-0.1, -0.05) is 18.2 Å². The van der Waals surface area contributed by atoms with E-state index in [0.717, 1.165) is 12.7 Å². The van der Waals surface area contributed by atoms with Crippen molar-refractivity contribution in [2.45, 2.75) is 6.92 Å². The highest BCUT2D eigenvalue weighted by Crippen LogP contribution is 2.26. The number of ether oxygens (including phenoxy) is 1. The molecular weight excluding hydrogens is 180 g/mol. The van der Waals surface area contributed by atoms with Gasteiger partial charge in [0.05, 0.1) is 7.11 Å². The van der Waals surface area contributed by atoms with E-state index in [0.29, 0.717) is 5.75 Å². The molecule has 0 fully saturated rings. The second-order valence-corrected chi connectivity index (χ2v) is 2.43. The number of hydrogen-bond acceptors (Lipinski definition) is 3. The maximum atomic E-state index is 9.25. The molecule has 3 heteroatoms. The largest absolute Gasteiger partial charge is 0.504 e. The maximum absolute atomic E-state index is 9.25. The van der Waals surface area contributed by atoms with Crippen LogP contribution in [0.2, 0.25) is 0 Å². The Balaban J connectivity index is 0.000000791. The normalized spacial score (nSPS) is 9.43. The first-order chi connectivity index (χ1) is 6.77. The molecule has 0 atom stereocenters. The Hall–Kier alpha value is -1.48. The summed E-state index contributed by atoms with van der Waals surface area (Å²) in [7, 11) is 2.54. The molecule has 0 aromatic heterocycles. The first kappa shape index (κ1) is 12.5. The summed E-state index contributed by atoms with van der Waals surface area (Å²) >= 11 is 0. The highest BCUT2D eigenvalue weighted by atomic mass is 16.5. The molecule has 3 nitrogen and oxygen atoms in total. The quantitative estimate of drug-likeness (QED) is 0.761. The lowest BCUT2D eigenvalue weighted by atomic mass is 10.2. The second kappa shape index (κ2) is 6.97. The van der Waals surface area contributed by atoms with E-state index in [-0.39, 0.29) is 5.75 Å². The van der Waals surface area contributed by atoms with Crippen molar-refractivity contribution in [3.8, 4) is 11.5 Å². The standard InChI is InChI=1S/C10H12O2.CH4O/c1-3-4-8-5-6-9(11)10(7-8)12-2;1-2/h3-7,11H,1-2H3;2H,1H3. The van der Waals surface area contributed by atoms with Crippen LogP contribution in [0.1, 0.15) is 12.5 Å². The lowest BCUT2D eigenvalue weighted by Gasteiger charge is -2.03. The van der Waals surface area contributed by atoms with Gasteiger partial charge in [-0.25, -0.2) is 0 Å². The molecular formula is C11H16O3. The summed E-state index contributed by atoms with van der Waals surface area (Å²) in [5.41, 5.74) is 1.02. The molecule has 1 rings (SSSR count). The van der Waals surface area contributed by atoms with Crippen LogP contribution >= 0.6 is 0 Å². The van der Waals surface area contributed by atoms with Crippen LogP contribution in [-0.4, -0.2) is 24.4 Å². The van der Waals surface area contributed by atoms with Gasteiger partial charge in [0.2, 0.25) is 0 Å². The lowest BCUT2D eigenvalue weighted by Crippen LogP contribution is -1.83. The van der Waals surface area contributed by atoms with Gasteiger partial charge in [0.25, 0.3) is 0 Å². The Labute approximate surface area is 84.3 Å². The zero-order valence-electron chi connectivity index (χ0n) is 8.69. The fraction of sp³-hybridized carbons (Fsp3) is 0.273. The van der Waals surface area contributed by atoms with Crippen molar-refractivity contribution in [3.05, 3.63) is 29.8 Å². The first-order valence-electron chi connectivity index (χ1n) is 4.22. The van der Waals surface area contributed by atoms with Crippen LogP contribution in [-0.2, 0) is 0 Å². The highest BCUT2D eigenvalue weighted by molar-refractivity contribution is 5.55. The number of phenols is 1. The number of rotatable bonds is 2. The summed E-state index contributed by atoms with van der Waals surface area (Å²) in [6, 6.07) is 5.24. The number of aliphatic hydroxyl groups is 1. The van der Waals surface area contributed by atoms with E-state index in [1.807, 2.05) is 25.1 Å². The van der Waals surface area contributed by atoms with E-state index in [1.165, 1.54) is 7.11 Å². The fourth-order valence-corrected chi connectivity index (χ4v) is 0.990. The van der Waals surface area contributed by atoms with Gasteiger partial charge in [0.1, 0.15) is 0 Å². The van der Waals surface area contributed by atoms with Crippen LogP contribution in [0.25, 0.3) is 6.08 Å². The van der Waals surface area contributed by atoms with Gasteiger partial charge < -0.3 is 14.9 Å². The van der Waals surface area contributed by atoms with Crippen LogP contribution in [0.5, 0.6) is 11.5 Å². The summed E-state index contributed by atoms with van der Waals surface area (Å²) < 4.78 is 4.95. The van der Waals surface area contributed by atoms with Crippen LogP contribution < -0.4 is 4.74 Å². The number of benzene rings is 1. The zero-order valence-corrected chi connectivity index (χ0v) is 8.69. The van der Waals surface area contributed by atoms with E-state index in [2.05, 4.69) is 0 Å². The van der Waals surface area contributed by atoms with Crippen molar-refractivity contribution >= 4 is 6.08 Å². The third-order valence-electron chi connectivity index (χ3n) is 1.56. The topological polar surface area (TPSA) is 49.7 Å². The third kappa shape index (κ3) is 3.49. The molecule has 1 aromatic rings. The van der Waals surface area contributed by atoms with Gasteiger partial charge >= 0.3 is 0 Å². The van der Waals surface area contributed by atoms with E-state index < -0.39 is 0 Å². The van der Waals surface area contributed by atoms with Crippen LogP contribution in [0.3, 0.4) is 0 Å².